The Kier molecular flexibility index (Phi) is 5.97. The fraction of sp³-hybridized carbons (Fsp3) is 0.429. The smallest absolute Gasteiger partial charge is 0.422 e. The number of nitrogens with two attached hydrogens (primary N) is 1. The zero-order chi connectivity index (χ0) is 17.7. The average molecular weight is 363 g/mol. The van der Waals surface area contributed by atoms with Gasteiger partial charge in [-0.05, 0) is 18.2 Å². The summed E-state index contributed by atoms with van der Waals surface area (Å²) in [5, 5.41) is 2.96. The van der Waals surface area contributed by atoms with Gasteiger partial charge in [-0.3, -0.25) is 4.79 Å². The van der Waals surface area contributed by atoms with Gasteiger partial charge in [0.2, 0.25) is 5.91 Å². The first kappa shape index (κ1) is 18.4. The maximum absolute atomic E-state index is 12.2. The van der Waals surface area contributed by atoms with Crippen LogP contribution in [0.25, 0.3) is 10.2 Å². The Morgan fingerprint density at radius 2 is 2.21 bits per heavy atom. The van der Waals surface area contributed by atoms with Crippen molar-refractivity contribution in [3.63, 3.8) is 0 Å². The third-order valence-electron chi connectivity index (χ3n) is 3.02. The summed E-state index contributed by atoms with van der Waals surface area (Å²) in [6, 6.07) is 4.38. The number of hydrogen-bond donors (Lipinski definition) is 2. The number of methoxy groups -OCH3 is 1. The first-order chi connectivity index (χ1) is 11.3. The van der Waals surface area contributed by atoms with Gasteiger partial charge < -0.3 is 20.5 Å². The van der Waals surface area contributed by atoms with E-state index in [0.717, 1.165) is 11.3 Å². The van der Waals surface area contributed by atoms with Crippen molar-refractivity contribution in [2.75, 3.05) is 25.6 Å². The molecule has 2 aromatic rings. The van der Waals surface area contributed by atoms with Crippen LogP contribution in [0.15, 0.2) is 18.2 Å². The van der Waals surface area contributed by atoms with Gasteiger partial charge in [-0.25, -0.2) is 4.98 Å². The van der Waals surface area contributed by atoms with E-state index in [4.69, 9.17) is 10.5 Å². The molecular weight excluding hydrogens is 347 g/mol. The quantitative estimate of drug-likeness (QED) is 0.789. The number of aromatic nitrogens is 1. The topological polar surface area (TPSA) is 86.5 Å². The third kappa shape index (κ3) is 5.32. The predicted molar refractivity (Wildman–Crippen MR) is 84.3 cm³/mol. The summed E-state index contributed by atoms with van der Waals surface area (Å²) in [4.78, 5) is 16.1. The molecule has 0 aliphatic heterocycles. The molecule has 132 valence electrons. The number of amides is 1. The van der Waals surface area contributed by atoms with E-state index in [1.54, 1.807) is 0 Å². The van der Waals surface area contributed by atoms with Gasteiger partial charge in [0.05, 0.1) is 22.7 Å². The SMILES string of the molecule is COC(CN)CC(=O)Nc1nc2ccc(OCC(F)(F)F)cc2s1. The van der Waals surface area contributed by atoms with Crippen molar-refractivity contribution in [2.24, 2.45) is 5.73 Å². The molecule has 0 saturated carbocycles. The molecule has 1 atom stereocenters. The minimum Gasteiger partial charge on any atom is -0.484 e. The Hall–Kier alpha value is -1.91. The second kappa shape index (κ2) is 7.77. The zero-order valence-electron chi connectivity index (χ0n) is 12.7. The molecule has 2 rings (SSSR count). The molecule has 0 aliphatic rings. The molecular formula is C14H16F3N3O3S. The van der Waals surface area contributed by atoms with Crippen LogP contribution >= 0.6 is 11.3 Å². The molecule has 3 N–H and O–H groups in total. The van der Waals surface area contributed by atoms with E-state index in [2.05, 4.69) is 15.0 Å². The maximum Gasteiger partial charge on any atom is 0.422 e. The molecule has 1 aromatic heterocycles. The van der Waals surface area contributed by atoms with Crippen LogP contribution in [-0.4, -0.2) is 43.4 Å². The van der Waals surface area contributed by atoms with Gasteiger partial charge in [0, 0.05) is 13.7 Å². The van der Waals surface area contributed by atoms with Crippen LogP contribution in [0.2, 0.25) is 0 Å². The van der Waals surface area contributed by atoms with Crippen LogP contribution in [-0.2, 0) is 9.53 Å². The number of halogens is 3. The predicted octanol–water partition coefficient (Wildman–Crippen LogP) is 2.54. The molecule has 0 bridgehead atoms. The van der Waals surface area contributed by atoms with Crippen molar-refractivity contribution in [1.82, 2.24) is 4.98 Å². The second-order valence-electron chi connectivity index (χ2n) is 4.90. The van der Waals surface area contributed by atoms with E-state index in [1.165, 1.54) is 25.3 Å². The Morgan fingerprint density at radius 3 is 2.83 bits per heavy atom. The van der Waals surface area contributed by atoms with Crippen LogP contribution in [0, 0.1) is 0 Å². The van der Waals surface area contributed by atoms with Gasteiger partial charge in [0.1, 0.15) is 5.75 Å². The number of fused-ring (bicyclic) bond motifs is 1. The highest BCUT2D eigenvalue weighted by atomic mass is 32.1. The van der Waals surface area contributed by atoms with Crippen LogP contribution in [0.5, 0.6) is 5.75 Å². The summed E-state index contributed by atoms with van der Waals surface area (Å²) >= 11 is 1.14. The summed E-state index contributed by atoms with van der Waals surface area (Å²) in [6.07, 6.45) is -4.70. The summed E-state index contributed by atoms with van der Waals surface area (Å²) < 4.78 is 46.8. The summed E-state index contributed by atoms with van der Waals surface area (Å²) in [5.41, 5.74) is 6.00. The van der Waals surface area contributed by atoms with E-state index in [-0.39, 0.29) is 30.7 Å². The molecule has 0 aliphatic carbocycles. The molecule has 10 heteroatoms. The van der Waals surface area contributed by atoms with E-state index in [1.807, 2.05) is 0 Å². The summed E-state index contributed by atoms with van der Waals surface area (Å²) in [6.45, 7) is -1.15. The van der Waals surface area contributed by atoms with Gasteiger partial charge in [-0.1, -0.05) is 11.3 Å². The third-order valence-corrected chi connectivity index (χ3v) is 3.95. The van der Waals surface area contributed by atoms with Crippen molar-refractivity contribution < 1.29 is 27.4 Å². The van der Waals surface area contributed by atoms with E-state index in [9.17, 15) is 18.0 Å². The molecule has 0 fully saturated rings. The lowest BCUT2D eigenvalue weighted by Gasteiger charge is -2.11. The van der Waals surface area contributed by atoms with Gasteiger partial charge in [0.15, 0.2) is 11.7 Å². The number of rotatable bonds is 7. The largest absolute Gasteiger partial charge is 0.484 e. The summed E-state index contributed by atoms with van der Waals surface area (Å²) in [7, 11) is 1.46. The van der Waals surface area contributed by atoms with Gasteiger partial charge in [-0.15, -0.1) is 0 Å². The minimum atomic E-state index is -4.40. The van der Waals surface area contributed by atoms with E-state index < -0.39 is 12.8 Å². The molecule has 0 saturated heterocycles. The van der Waals surface area contributed by atoms with Crippen LogP contribution < -0.4 is 15.8 Å². The lowest BCUT2D eigenvalue weighted by Crippen LogP contribution is -2.28. The highest BCUT2D eigenvalue weighted by Crippen LogP contribution is 2.30. The monoisotopic (exact) mass is 363 g/mol. The van der Waals surface area contributed by atoms with Crippen molar-refractivity contribution in [3.05, 3.63) is 18.2 Å². The van der Waals surface area contributed by atoms with Crippen LogP contribution in [0.3, 0.4) is 0 Å². The fourth-order valence-corrected chi connectivity index (χ4v) is 2.76. The lowest BCUT2D eigenvalue weighted by molar-refractivity contribution is -0.153. The van der Waals surface area contributed by atoms with Crippen molar-refractivity contribution in [3.8, 4) is 5.75 Å². The lowest BCUT2D eigenvalue weighted by atomic mass is 10.2. The van der Waals surface area contributed by atoms with Crippen molar-refractivity contribution >= 4 is 32.6 Å². The number of nitrogens with one attached hydrogen (secondary N) is 1. The van der Waals surface area contributed by atoms with Gasteiger partial charge >= 0.3 is 6.18 Å². The number of nitrogens with zero attached hydrogens (tertiary/aromatic N) is 1. The molecule has 1 unspecified atom stereocenters. The molecule has 1 aromatic carbocycles. The molecule has 0 radical (unpaired) electrons. The van der Waals surface area contributed by atoms with Crippen molar-refractivity contribution in [1.29, 1.82) is 0 Å². The Morgan fingerprint density at radius 1 is 1.46 bits per heavy atom. The van der Waals surface area contributed by atoms with Crippen LogP contribution in [0.1, 0.15) is 6.42 Å². The number of ether oxygens (including phenoxy) is 2. The number of carbonyl (C=O) groups is 1. The normalized spacial score (nSPS) is 13.0. The number of thiazole rings is 1. The number of anilines is 1. The number of benzene rings is 1. The average Bonchev–Trinajstić information content (AvgIpc) is 2.91. The van der Waals surface area contributed by atoms with E-state index in [0.29, 0.717) is 15.3 Å². The number of carbonyl (C=O) groups excluding carboxylic acids is 1. The molecule has 1 heterocycles. The Labute approximate surface area is 139 Å². The van der Waals surface area contributed by atoms with Crippen molar-refractivity contribution in [2.45, 2.75) is 18.7 Å². The molecule has 24 heavy (non-hydrogen) atoms. The maximum atomic E-state index is 12.2. The van der Waals surface area contributed by atoms with Gasteiger partial charge in [-0.2, -0.15) is 13.2 Å². The highest BCUT2D eigenvalue weighted by Gasteiger charge is 2.28. The fourth-order valence-electron chi connectivity index (χ4n) is 1.85. The molecule has 0 spiro atoms. The molecule has 1 amide bonds. The highest BCUT2D eigenvalue weighted by molar-refractivity contribution is 7.22. The van der Waals surface area contributed by atoms with Crippen LogP contribution in [0.4, 0.5) is 18.3 Å². The zero-order valence-corrected chi connectivity index (χ0v) is 13.5. The Balaban J connectivity index is 2.04. The molecule has 6 nitrogen and oxygen atoms in total. The van der Waals surface area contributed by atoms with E-state index >= 15 is 0 Å². The standard InChI is InChI=1S/C14H16F3N3O3S/c1-22-9(6-18)5-12(21)20-13-19-10-3-2-8(4-11(10)24-13)23-7-14(15,16)17/h2-4,9H,5-7,18H2,1H3,(H,19,20,21). The first-order valence-electron chi connectivity index (χ1n) is 6.93. The number of alkyl halides is 3. The first-order valence-corrected chi connectivity index (χ1v) is 7.75. The number of hydrogen-bond acceptors (Lipinski definition) is 6. The van der Waals surface area contributed by atoms with Gasteiger partial charge in [0.25, 0.3) is 0 Å². The second-order valence-corrected chi connectivity index (χ2v) is 5.93. The Bertz CT molecular complexity index is 701. The minimum absolute atomic E-state index is 0.0862. The summed E-state index contributed by atoms with van der Waals surface area (Å²) in [5.74, 6) is -0.219.